The highest BCUT2D eigenvalue weighted by atomic mass is 32.2. The Morgan fingerprint density at radius 3 is 2.79 bits per heavy atom. The fourth-order valence-corrected chi connectivity index (χ4v) is 1.30. The van der Waals surface area contributed by atoms with E-state index in [0.29, 0.717) is 0 Å². The van der Waals surface area contributed by atoms with E-state index in [1.54, 1.807) is 0 Å². The molecule has 0 unspecified atom stereocenters. The van der Waals surface area contributed by atoms with Crippen molar-refractivity contribution < 1.29 is 4.79 Å². The second-order valence-corrected chi connectivity index (χ2v) is 3.44. The van der Waals surface area contributed by atoms with Gasteiger partial charge < -0.3 is 11.6 Å². The Balaban J connectivity index is 2.94. The molecular formula is C6H9N5O2S. The van der Waals surface area contributed by atoms with E-state index in [0.717, 1.165) is 16.4 Å². The number of thioether (sulfide) groups is 1. The van der Waals surface area contributed by atoms with Crippen LogP contribution in [-0.4, -0.2) is 26.5 Å². The number of hydrogen-bond donors (Lipinski definition) is 2. The molecule has 0 atom stereocenters. The van der Waals surface area contributed by atoms with Crippen LogP contribution in [0, 0.1) is 6.92 Å². The van der Waals surface area contributed by atoms with Gasteiger partial charge in [0.1, 0.15) is 5.69 Å². The summed E-state index contributed by atoms with van der Waals surface area (Å²) >= 11 is 0.968. The Kier molecular flexibility index (Phi) is 3.07. The van der Waals surface area contributed by atoms with Crippen molar-refractivity contribution >= 4 is 17.7 Å². The molecule has 0 radical (unpaired) electrons. The lowest BCUT2D eigenvalue weighted by atomic mass is 10.5. The van der Waals surface area contributed by atoms with Crippen LogP contribution in [0.1, 0.15) is 5.69 Å². The fourth-order valence-electron chi connectivity index (χ4n) is 0.704. The van der Waals surface area contributed by atoms with E-state index in [-0.39, 0.29) is 16.6 Å². The van der Waals surface area contributed by atoms with Gasteiger partial charge in [0.2, 0.25) is 11.1 Å². The number of hydrogen-bond acceptors (Lipinski definition) is 6. The number of rotatable bonds is 3. The van der Waals surface area contributed by atoms with Crippen molar-refractivity contribution in [1.29, 1.82) is 0 Å². The van der Waals surface area contributed by atoms with Crippen molar-refractivity contribution in [2.45, 2.75) is 12.1 Å². The zero-order valence-corrected chi connectivity index (χ0v) is 8.24. The molecule has 0 aromatic carbocycles. The summed E-state index contributed by atoms with van der Waals surface area (Å²) in [6.07, 6.45) is 0. The minimum absolute atomic E-state index is 0.00831. The molecule has 14 heavy (non-hydrogen) atoms. The summed E-state index contributed by atoms with van der Waals surface area (Å²) < 4.78 is 0.843. The van der Waals surface area contributed by atoms with Gasteiger partial charge in [-0.25, -0.2) is 0 Å². The van der Waals surface area contributed by atoms with Gasteiger partial charge in [0, 0.05) is 0 Å². The fraction of sp³-hybridized carbons (Fsp3) is 0.333. The average Bonchev–Trinajstić information content (AvgIpc) is 2.13. The summed E-state index contributed by atoms with van der Waals surface area (Å²) in [6, 6.07) is 0. The summed E-state index contributed by atoms with van der Waals surface area (Å²) in [5.74, 6) is 4.90. The van der Waals surface area contributed by atoms with Gasteiger partial charge in [-0.1, -0.05) is 11.8 Å². The van der Waals surface area contributed by atoms with Gasteiger partial charge in [-0.05, 0) is 6.92 Å². The van der Waals surface area contributed by atoms with Gasteiger partial charge in [-0.3, -0.25) is 9.59 Å². The standard InChI is InChI=1S/C6H9N5O2S/c1-3-5(13)11(8)6(10-9-3)14-2-4(7)12/h2,8H2,1H3,(H2,7,12). The van der Waals surface area contributed by atoms with E-state index in [1.807, 2.05) is 0 Å². The van der Waals surface area contributed by atoms with Crippen LogP contribution in [0.2, 0.25) is 0 Å². The largest absolute Gasteiger partial charge is 0.369 e. The first kappa shape index (κ1) is 10.5. The van der Waals surface area contributed by atoms with Gasteiger partial charge in [0.25, 0.3) is 5.56 Å². The average molecular weight is 215 g/mol. The van der Waals surface area contributed by atoms with E-state index in [2.05, 4.69) is 10.2 Å². The molecule has 0 saturated heterocycles. The lowest BCUT2D eigenvalue weighted by molar-refractivity contribution is -0.115. The first-order valence-electron chi connectivity index (χ1n) is 3.65. The van der Waals surface area contributed by atoms with Crippen molar-refractivity contribution in [2.75, 3.05) is 11.6 Å². The summed E-state index contributed by atoms with van der Waals surface area (Å²) in [4.78, 5) is 21.7. The number of aryl methyl sites for hydroxylation is 1. The number of carbonyl (C=O) groups excluding carboxylic acids is 1. The van der Waals surface area contributed by atoms with Crippen LogP contribution in [-0.2, 0) is 4.79 Å². The third-order valence-corrected chi connectivity index (χ3v) is 2.33. The molecule has 8 heteroatoms. The molecule has 0 saturated carbocycles. The third-order valence-electron chi connectivity index (χ3n) is 1.36. The molecule has 0 fully saturated rings. The number of nitrogen functional groups attached to an aromatic ring is 1. The Morgan fingerprint density at radius 1 is 1.57 bits per heavy atom. The lowest BCUT2D eigenvalue weighted by Crippen LogP contribution is -2.32. The lowest BCUT2D eigenvalue weighted by Gasteiger charge is -2.03. The quantitative estimate of drug-likeness (QED) is 0.455. The van der Waals surface area contributed by atoms with Crippen LogP contribution in [0.3, 0.4) is 0 Å². The van der Waals surface area contributed by atoms with Crippen molar-refractivity contribution in [2.24, 2.45) is 5.73 Å². The van der Waals surface area contributed by atoms with Gasteiger partial charge in [0.05, 0.1) is 5.75 Å². The SMILES string of the molecule is Cc1nnc(SCC(N)=O)n(N)c1=O. The zero-order chi connectivity index (χ0) is 10.7. The smallest absolute Gasteiger partial charge is 0.294 e. The highest BCUT2D eigenvalue weighted by Gasteiger charge is 2.08. The number of nitrogens with zero attached hydrogens (tertiary/aromatic N) is 3. The highest BCUT2D eigenvalue weighted by molar-refractivity contribution is 7.99. The second-order valence-electron chi connectivity index (χ2n) is 2.50. The first-order valence-corrected chi connectivity index (χ1v) is 4.63. The maximum absolute atomic E-state index is 11.2. The van der Waals surface area contributed by atoms with Gasteiger partial charge in [-0.2, -0.15) is 4.68 Å². The van der Waals surface area contributed by atoms with Crippen molar-refractivity contribution in [1.82, 2.24) is 14.9 Å². The first-order chi connectivity index (χ1) is 6.52. The number of amides is 1. The van der Waals surface area contributed by atoms with Crippen LogP contribution in [0.15, 0.2) is 9.95 Å². The molecule has 7 nitrogen and oxygen atoms in total. The van der Waals surface area contributed by atoms with E-state index in [4.69, 9.17) is 11.6 Å². The van der Waals surface area contributed by atoms with Gasteiger partial charge in [-0.15, -0.1) is 10.2 Å². The number of nitrogens with two attached hydrogens (primary N) is 2. The monoisotopic (exact) mass is 215 g/mol. The zero-order valence-electron chi connectivity index (χ0n) is 7.43. The van der Waals surface area contributed by atoms with Crippen LogP contribution in [0.25, 0.3) is 0 Å². The molecular weight excluding hydrogens is 206 g/mol. The van der Waals surface area contributed by atoms with Gasteiger partial charge in [0.15, 0.2) is 0 Å². The summed E-state index contributed by atoms with van der Waals surface area (Å²) in [7, 11) is 0. The van der Waals surface area contributed by atoms with Crippen molar-refractivity contribution in [3.05, 3.63) is 16.0 Å². The van der Waals surface area contributed by atoms with E-state index >= 15 is 0 Å². The summed E-state index contributed by atoms with van der Waals surface area (Å²) in [5.41, 5.74) is 4.69. The topological polar surface area (TPSA) is 117 Å². The molecule has 1 heterocycles. The molecule has 4 N–H and O–H groups in total. The molecule has 0 aliphatic rings. The molecule has 1 aromatic rings. The predicted octanol–water partition coefficient (Wildman–Crippen LogP) is -1.76. The van der Waals surface area contributed by atoms with Crippen molar-refractivity contribution in [3.8, 4) is 0 Å². The maximum atomic E-state index is 11.2. The van der Waals surface area contributed by atoms with E-state index < -0.39 is 11.5 Å². The molecule has 0 aliphatic carbocycles. The Bertz CT molecular complexity index is 415. The van der Waals surface area contributed by atoms with E-state index in [9.17, 15) is 9.59 Å². The predicted molar refractivity (Wildman–Crippen MR) is 51.1 cm³/mol. The molecule has 0 bridgehead atoms. The maximum Gasteiger partial charge on any atom is 0.294 e. The second kappa shape index (κ2) is 4.09. The minimum Gasteiger partial charge on any atom is -0.369 e. The third kappa shape index (κ3) is 2.22. The van der Waals surface area contributed by atoms with Crippen LogP contribution in [0.4, 0.5) is 0 Å². The summed E-state index contributed by atoms with van der Waals surface area (Å²) in [5, 5.41) is 7.40. The van der Waals surface area contributed by atoms with E-state index in [1.165, 1.54) is 6.92 Å². The highest BCUT2D eigenvalue weighted by Crippen LogP contribution is 2.09. The molecule has 0 spiro atoms. The summed E-state index contributed by atoms with van der Waals surface area (Å²) in [6.45, 7) is 1.50. The minimum atomic E-state index is -0.509. The van der Waals surface area contributed by atoms with Crippen molar-refractivity contribution in [3.63, 3.8) is 0 Å². The number of carbonyl (C=O) groups is 1. The van der Waals surface area contributed by atoms with Crippen LogP contribution < -0.4 is 17.1 Å². The molecule has 0 aliphatic heterocycles. The molecule has 76 valence electrons. The molecule has 1 amide bonds. The molecule has 1 aromatic heterocycles. The Labute approximate surface area is 83.5 Å². The van der Waals surface area contributed by atoms with Crippen LogP contribution in [0.5, 0.6) is 0 Å². The van der Waals surface area contributed by atoms with Crippen LogP contribution >= 0.6 is 11.8 Å². The number of aromatic nitrogens is 3. The molecule has 1 rings (SSSR count). The Hall–Kier alpha value is -1.57. The Morgan fingerprint density at radius 2 is 2.21 bits per heavy atom. The number of primary amides is 1. The normalized spacial score (nSPS) is 10.1. The van der Waals surface area contributed by atoms with Gasteiger partial charge >= 0.3 is 0 Å².